The molecule has 2 rings (SSSR count). The number of aliphatic carboxylic acids is 1. The van der Waals surface area contributed by atoms with E-state index in [0.717, 1.165) is 24.6 Å². The number of phenols is 1. The van der Waals surface area contributed by atoms with E-state index in [4.69, 9.17) is 28.9 Å². The van der Waals surface area contributed by atoms with E-state index < -0.39 is 5.97 Å². The number of carbonyl (C=O) groups excluding carboxylic acids is 2. The molecule has 3 N–H and O–H groups in total. The van der Waals surface area contributed by atoms with Gasteiger partial charge in [-0.2, -0.15) is 0 Å². The first kappa shape index (κ1) is 24.2. The third kappa shape index (κ3) is 7.62. The molecule has 7 nitrogen and oxygen atoms in total. The normalized spacial score (nSPS) is 15.1. The Morgan fingerprint density at radius 3 is 2.70 bits per heavy atom. The van der Waals surface area contributed by atoms with Crippen LogP contribution < -0.4 is 5.32 Å². The molecule has 0 spiro atoms. The molecule has 0 atom stereocenters. The van der Waals surface area contributed by atoms with Crippen molar-refractivity contribution in [3.05, 3.63) is 33.7 Å². The molecular formula is C20H23ClN2O5S2. The second-order valence-electron chi connectivity index (χ2n) is 6.69. The van der Waals surface area contributed by atoms with Gasteiger partial charge in [-0.25, -0.2) is 0 Å². The number of benzene rings is 1. The number of carboxylic acids is 1. The molecule has 1 aliphatic heterocycles. The Morgan fingerprint density at radius 1 is 1.20 bits per heavy atom. The van der Waals surface area contributed by atoms with Gasteiger partial charge in [0.15, 0.2) is 0 Å². The third-order valence-corrected chi connectivity index (χ3v) is 5.94. The summed E-state index contributed by atoms with van der Waals surface area (Å²) in [5.74, 6) is -1.17. The van der Waals surface area contributed by atoms with E-state index in [1.807, 2.05) is 0 Å². The number of halogens is 1. The van der Waals surface area contributed by atoms with Crippen molar-refractivity contribution in [2.45, 2.75) is 38.5 Å². The number of hydrogen-bond acceptors (Lipinski definition) is 6. The molecule has 0 unspecified atom stereocenters. The Hall–Kier alpha value is -2.10. The van der Waals surface area contributed by atoms with Crippen LogP contribution in [0.2, 0.25) is 5.02 Å². The van der Waals surface area contributed by atoms with E-state index in [0.29, 0.717) is 45.7 Å². The minimum Gasteiger partial charge on any atom is -0.507 e. The van der Waals surface area contributed by atoms with Crippen molar-refractivity contribution < 1.29 is 24.6 Å². The summed E-state index contributed by atoms with van der Waals surface area (Å²) in [6.45, 7) is 0.834. The Kier molecular flexibility index (Phi) is 9.61. The molecule has 0 saturated carbocycles. The largest absolute Gasteiger partial charge is 0.507 e. The summed E-state index contributed by atoms with van der Waals surface area (Å²) in [5, 5.41) is 21.7. The zero-order valence-corrected chi connectivity index (χ0v) is 18.6. The molecule has 1 fully saturated rings. The molecule has 30 heavy (non-hydrogen) atoms. The lowest BCUT2D eigenvalue weighted by molar-refractivity contribution is -0.137. The second-order valence-corrected chi connectivity index (χ2v) is 8.81. The zero-order valence-electron chi connectivity index (χ0n) is 16.2. The summed E-state index contributed by atoms with van der Waals surface area (Å²) >= 11 is 12.4. The number of rotatable bonds is 11. The monoisotopic (exact) mass is 470 g/mol. The van der Waals surface area contributed by atoms with Crippen molar-refractivity contribution >= 4 is 63.8 Å². The highest BCUT2D eigenvalue weighted by atomic mass is 35.5. The van der Waals surface area contributed by atoms with Crippen LogP contribution in [0.1, 0.15) is 44.1 Å². The van der Waals surface area contributed by atoms with Gasteiger partial charge in [-0.15, -0.1) is 0 Å². The Morgan fingerprint density at radius 2 is 1.97 bits per heavy atom. The predicted octanol–water partition coefficient (Wildman–Crippen LogP) is 3.79. The van der Waals surface area contributed by atoms with Gasteiger partial charge in [-0.3, -0.25) is 19.3 Å². The van der Waals surface area contributed by atoms with Crippen LogP contribution >= 0.6 is 35.6 Å². The number of carboxylic acid groups (broad SMARTS) is 1. The first-order valence-corrected chi connectivity index (χ1v) is 11.1. The molecule has 2 amide bonds. The van der Waals surface area contributed by atoms with Crippen molar-refractivity contribution in [2.75, 3.05) is 13.1 Å². The fourth-order valence-electron chi connectivity index (χ4n) is 2.77. The molecule has 0 aromatic heterocycles. The van der Waals surface area contributed by atoms with Crippen LogP contribution in [0.4, 0.5) is 0 Å². The average molecular weight is 471 g/mol. The van der Waals surface area contributed by atoms with Crippen molar-refractivity contribution in [2.24, 2.45) is 0 Å². The van der Waals surface area contributed by atoms with Crippen LogP contribution in [0.15, 0.2) is 23.1 Å². The molecule has 0 bridgehead atoms. The standard InChI is InChI=1S/C20H23ClN2O5S2/c21-14-7-8-15(24)13(11-14)12-16-19(28)23(20(29)30-16)10-4-5-17(25)22-9-3-1-2-6-18(26)27/h7-8,11-12,24H,1-6,9-10H2,(H,22,25)(H,26,27)/b16-12-. The van der Waals surface area contributed by atoms with Gasteiger partial charge in [0, 0.05) is 36.5 Å². The topological polar surface area (TPSA) is 107 Å². The van der Waals surface area contributed by atoms with Gasteiger partial charge in [0.2, 0.25) is 5.91 Å². The summed E-state index contributed by atoms with van der Waals surface area (Å²) in [6, 6.07) is 4.58. The molecule has 1 saturated heterocycles. The molecule has 162 valence electrons. The quantitative estimate of drug-likeness (QED) is 0.256. The number of thiocarbonyl (C=S) groups is 1. The van der Waals surface area contributed by atoms with Crippen LogP contribution in [0, 0.1) is 0 Å². The van der Waals surface area contributed by atoms with Gasteiger partial charge in [-0.05, 0) is 43.5 Å². The van der Waals surface area contributed by atoms with Crippen LogP contribution in [0.25, 0.3) is 6.08 Å². The fourth-order valence-corrected chi connectivity index (χ4v) is 4.25. The van der Waals surface area contributed by atoms with Crippen LogP contribution in [0.3, 0.4) is 0 Å². The lowest BCUT2D eigenvalue weighted by Crippen LogP contribution is -2.30. The third-order valence-electron chi connectivity index (χ3n) is 4.32. The van der Waals surface area contributed by atoms with Crippen molar-refractivity contribution in [1.29, 1.82) is 0 Å². The smallest absolute Gasteiger partial charge is 0.303 e. The molecule has 1 aromatic carbocycles. The average Bonchev–Trinajstić information content (AvgIpc) is 2.94. The number of nitrogens with one attached hydrogen (secondary N) is 1. The molecular weight excluding hydrogens is 448 g/mol. The van der Waals surface area contributed by atoms with Gasteiger partial charge in [0.05, 0.1) is 4.91 Å². The van der Waals surface area contributed by atoms with Crippen LogP contribution in [-0.4, -0.2) is 50.3 Å². The number of carbonyl (C=O) groups is 3. The summed E-state index contributed by atoms with van der Waals surface area (Å²) in [4.78, 5) is 36.8. The van der Waals surface area contributed by atoms with E-state index in [1.165, 1.54) is 11.0 Å². The lowest BCUT2D eigenvalue weighted by Gasteiger charge is -2.14. The van der Waals surface area contributed by atoms with Gasteiger partial charge in [-0.1, -0.05) is 42.0 Å². The van der Waals surface area contributed by atoms with Crippen molar-refractivity contribution in [3.63, 3.8) is 0 Å². The van der Waals surface area contributed by atoms with E-state index >= 15 is 0 Å². The Balaban J connectivity index is 1.75. The molecule has 0 radical (unpaired) electrons. The van der Waals surface area contributed by atoms with E-state index in [9.17, 15) is 19.5 Å². The Bertz CT molecular complexity index is 860. The highest BCUT2D eigenvalue weighted by Gasteiger charge is 2.31. The van der Waals surface area contributed by atoms with Crippen molar-refractivity contribution in [3.8, 4) is 5.75 Å². The zero-order chi connectivity index (χ0) is 22.1. The minimum atomic E-state index is -0.811. The van der Waals surface area contributed by atoms with E-state index in [2.05, 4.69) is 5.32 Å². The molecule has 1 aliphatic rings. The van der Waals surface area contributed by atoms with Gasteiger partial charge in [0.1, 0.15) is 10.1 Å². The number of aromatic hydroxyl groups is 1. The lowest BCUT2D eigenvalue weighted by atomic mass is 10.2. The maximum Gasteiger partial charge on any atom is 0.303 e. The number of thioether (sulfide) groups is 1. The first-order chi connectivity index (χ1) is 14.3. The van der Waals surface area contributed by atoms with Crippen molar-refractivity contribution in [1.82, 2.24) is 10.2 Å². The maximum absolute atomic E-state index is 12.6. The van der Waals surface area contributed by atoms with Crippen LogP contribution in [0.5, 0.6) is 5.75 Å². The number of phenolic OH excluding ortho intramolecular Hbond substituents is 1. The van der Waals surface area contributed by atoms with E-state index in [1.54, 1.807) is 18.2 Å². The summed E-state index contributed by atoms with van der Waals surface area (Å²) in [5.41, 5.74) is 0.436. The fraction of sp³-hybridized carbons (Fsp3) is 0.400. The predicted molar refractivity (Wildman–Crippen MR) is 121 cm³/mol. The number of amides is 2. The number of unbranched alkanes of at least 4 members (excludes halogenated alkanes) is 2. The summed E-state index contributed by atoms with van der Waals surface area (Å²) < 4.78 is 0.409. The highest BCUT2D eigenvalue weighted by molar-refractivity contribution is 8.26. The maximum atomic E-state index is 12.6. The van der Waals surface area contributed by atoms with Gasteiger partial charge in [0.25, 0.3) is 5.91 Å². The summed E-state index contributed by atoms with van der Waals surface area (Å²) in [6.07, 6.45) is 4.50. The van der Waals surface area contributed by atoms with Gasteiger partial charge >= 0.3 is 5.97 Å². The molecule has 10 heteroatoms. The Labute approximate surface area is 189 Å². The minimum absolute atomic E-state index is 0.0179. The second kappa shape index (κ2) is 11.9. The molecule has 0 aliphatic carbocycles. The SMILES string of the molecule is O=C(O)CCCCCNC(=O)CCCN1C(=O)/C(=C/c2cc(Cl)ccc2O)SC1=S. The van der Waals surface area contributed by atoms with E-state index in [-0.39, 0.29) is 30.4 Å². The molecule has 1 aromatic rings. The molecule has 1 heterocycles. The number of hydrogen-bond donors (Lipinski definition) is 3. The summed E-state index contributed by atoms with van der Waals surface area (Å²) in [7, 11) is 0. The number of nitrogens with zero attached hydrogens (tertiary/aromatic N) is 1. The first-order valence-electron chi connectivity index (χ1n) is 9.50. The van der Waals surface area contributed by atoms with Gasteiger partial charge < -0.3 is 15.5 Å². The highest BCUT2D eigenvalue weighted by Crippen LogP contribution is 2.34. The van der Waals surface area contributed by atoms with Crippen LogP contribution in [-0.2, 0) is 14.4 Å².